The molecule has 5 nitrogen and oxygen atoms in total. The van der Waals surface area contributed by atoms with Gasteiger partial charge in [0, 0.05) is 11.6 Å². The maximum atomic E-state index is 12.6. The van der Waals surface area contributed by atoms with Crippen LogP contribution in [0, 0.1) is 5.41 Å². The van der Waals surface area contributed by atoms with Crippen LogP contribution in [0.15, 0.2) is 18.2 Å². The summed E-state index contributed by atoms with van der Waals surface area (Å²) in [5.74, 6) is -1.73. The molecule has 0 aromatic heterocycles. The Morgan fingerprint density at radius 2 is 2.05 bits per heavy atom. The number of aliphatic carboxylic acids is 1. The van der Waals surface area contributed by atoms with Crippen LogP contribution in [-0.2, 0) is 4.79 Å². The molecule has 1 unspecified atom stereocenters. The summed E-state index contributed by atoms with van der Waals surface area (Å²) in [5, 5.41) is 19.6. The van der Waals surface area contributed by atoms with Gasteiger partial charge < -0.3 is 15.1 Å². The molecule has 1 aromatic rings. The molecule has 2 N–H and O–H groups in total. The Morgan fingerprint density at radius 1 is 1.38 bits per heavy atom. The number of carboxylic acid groups (broad SMARTS) is 1. The molecular formula is C15H18ClNO4. The second kappa shape index (κ2) is 5.56. The summed E-state index contributed by atoms with van der Waals surface area (Å²) < 4.78 is 0. The third-order valence-corrected chi connectivity index (χ3v) is 4.19. The fourth-order valence-electron chi connectivity index (χ4n) is 2.91. The van der Waals surface area contributed by atoms with Crippen molar-refractivity contribution in [1.82, 2.24) is 4.90 Å². The number of aromatic hydroxyl groups is 1. The SMILES string of the molecule is CC1(C)CCCN(C(=O)c2cc(Cl)ccc2O)C1C(=O)O. The van der Waals surface area contributed by atoms with Crippen LogP contribution < -0.4 is 0 Å². The molecular weight excluding hydrogens is 294 g/mol. The number of carbonyl (C=O) groups is 2. The van der Waals surface area contributed by atoms with Crippen LogP contribution >= 0.6 is 11.6 Å². The van der Waals surface area contributed by atoms with Crippen molar-refractivity contribution < 1.29 is 19.8 Å². The third-order valence-electron chi connectivity index (χ3n) is 3.96. The number of phenols is 1. The van der Waals surface area contributed by atoms with Gasteiger partial charge in [-0.15, -0.1) is 0 Å². The summed E-state index contributed by atoms with van der Waals surface area (Å²) in [6, 6.07) is 3.25. The average molecular weight is 312 g/mol. The van der Waals surface area contributed by atoms with E-state index in [-0.39, 0.29) is 11.3 Å². The molecule has 0 radical (unpaired) electrons. The fourth-order valence-corrected chi connectivity index (χ4v) is 3.09. The van der Waals surface area contributed by atoms with Gasteiger partial charge in [-0.25, -0.2) is 4.79 Å². The summed E-state index contributed by atoms with van der Waals surface area (Å²) in [4.78, 5) is 25.5. The summed E-state index contributed by atoms with van der Waals surface area (Å²) in [7, 11) is 0. The van der Waals surface area contributed by atoms with E-state index in [2.05, 4.69) is 0 Å². The van der Waals surface area contributed by atoms with Crippen molar-refractivity contribution >= 4 is 23.5 Å². The lowest BCUT2D eigenvalue weighted by molar-refractivity contribution is -0.148. The van der Waals surface area contributed by atoms with Crippen LogP contribution in [0.5, 0.6) is 5.75 Å². The number of likely N-dealkylation sites (tertiary alicyclic amines) is 1. The Morgan fingerprint density at radius 3 is 2.67 bits per heavy atom. The molecule has 1 amide bonds. The topological polar surface area (TPSA) is 77.8 Å². The van der Waals surface area contributed by atoms with E-state index in [1.807, 2.05) is 13.8 Å². The van der Waals surface area contributed by atoms with Gasteiger partial charge >= 0.3 is 5.97 Å². The molecule has 1 heterocycles. The standard InChI is InChI=1S/C15H18ClNO4/c1-15(2)6-3-7-17(12(15)14(20)21)13(19)10-8-9(16)4-5-11(10)18/h4-5,8,12,18H,3,6-7H2,1-2H3,(H,20,21). The van der Waals surface area contributed by atoms with Crippen molar-refractivity contribution in [3.8, 4) is 5.75 Å². The minimum absolute atomic E-state index is 0.0338. The van der Waals surface area contributed by atoms with Crippen molar-refractivity contribution in [1.29, 1.82) is 0 Å². The molecule has 6 heteroatoms. The number of carboxylic acids is 1. The molecule has 1 atom stereocenters. The Hall–Kier alpha value is -1.75. The zero-order chi connectivity index (χ0) is 15.8. The quantitative estimate of drug-likeness (QED) is 0.880. The summed E-state index contributed by atoms with van der Waals surface area (Å²) >= 11 is 5.86. The van der Waals surface area contributed by atoms with E-state index in [9.17, 15) is 19.8 Å². The molecule has 2 rings (SSSR count). The Balaban J connectivity index is 2.41. The zero-order valence-electron chi connectivity index (χ0n) is 12.0. The molecule has 0 bridgehead atoms. The van der Waals surface area contributed by atoms with Crippen LogP contribution in [0.3, 0.4) is 0 Å². The van der Waals surface area contributed by atoms with Crippen molar-refractivity contribution in [2.45, 2.75) is 32.7 Å². The van der Waals surface area contributed by atoms with Crippen LogP contribution in [0.2, 0.25) is 5.02 Å². The van der Waals surface area contributed by atoms with Crippen LogP contribution in [-0.4, -0.2) is 39.6 Å². The number of hydrogen-bond acceptors (Lipinski definition) is 3. The molecule has 0 spiro atoms. The highest BCUT2D eigenvalue weighted by Gasteiger charge is 2.45. The van der Waals surface area contributed by atoms with Crippen LogP contribution in [0.4, 0.5) is 0 Å². The van der Waals surface area contributed by atoms with Gasteiger partial charge in [0.2, 0.25) is 0 Å². The molecule has 21 heavy (non-hydrogen) atoms. The van der Waals surface area contributed by atoms with E-state index in [4.69, 9.17) is 11.6 Å². The average Bonchev–Trinajstić information content (AvgIpc) is 2.38. The zero-order valence-corrected chi connectivity index (χ0v) is 12.7. The minimum Gasteiger partial charge on any atom is -0.507 e. The van der Waals surface area contributed by atoms with Crippen molar-refractivity contribution in [3.63, 3.8) is 0 Å². The maximum Gasteiger partial charge on any atom is 0.326 e. The number of hydrogen-bond donors (Lipinski definition) is 2. The predicted molar refractivity (Wildman–Crippen MR) is 78.6 cm³/mol. The normalized spacial score (nSPS) is 21.1. The molecule has 0 aliphatic carbocycles. The molecule has 1 aliphatic rings. The first-order valence-corrected chi connectivity index (χ1v) is 7.14. The molecule has 114 valence electrons. The van der Waals surface area contributed by atoms with E-state index >= 15 is 0 Å². The monoisotopic (exact) mass is 311 g/mol. The molecule has 0 saturated carbocycles. The van der Waals surface area contributed by atoms with Crippen molar-refractivity contribution in [2.24, 2.45) is 5.41 Å². The van der Waals surface area contributed by atoms with E-state index in [0.717, 1.165) is 12.8 Å². The highest BCUT2D eigenvalue weighted by atomic mass is 35.5. The van der Waals surface area contributed by atoms with Gasteiger partial charge in [-0.3, -0.25) is 4.79 Å². The van der Waals surface area contributed by atoms with E-state index < -0.39 is 23.3 Å². The first-order valence-electron chi connectivity index (χ1n) is 6.76. The van der Waals surface area contributed by atoms with Gasteiger partial charge in [-0.1, -0.05) is 25.4 Å². The number of nitrogens with zero attached hydrogens (tertiary/aromatic N) is 1. The second-order valence-electron chi connectivity index (χ2n) is 5.99. The smallest absolute Gasteiger partial charge is 0.326 e. The molecule has 1 aliphatic heterocycles. The van der Waals surface area contributed by atoms with E-state index in [1.54, 1.807) is 0 Å². The minimum atomic E-state index is -1.03. The van der Waals surface area contributed by atoms with E-state index in [0.29, 0.717) is 11.6 Å². The highest BCUT2D eigenvalue weighted by molar-refractivity contribution is 6.31. The first-order chi connectivity index (χ1) is 9.74. The first kappa shape index (κ1) is 15.6. The van der Waals surface area contributed by atoms with Gasteiger partial charge in [-0.05, 0) is 36.5 Å². The van der Waals surface area contributed by atoms with Gasteiger partial charge in [0.15, 0.2) is 0 Å². The van der Waals surface area contributed by atoms with Gasteiger partial charge in [0.05, 0.1) is 5.56 Å². The summed E-state index contributed by atoms with van der Waals surface area (Å²) in [5.41, 5.74) is -0.486. The Kier molecular flexibility index (Phi) is 4.14. The lowest BCUT2D eigenvalue weighted by atomic mass is 9.76. The van der Waals surface area contributed by atoms with E-state index in [1.165, 1.54) is 23.1 Å². The highest BCUT2D eigenvalue weighted by Crippen LogP contribution is 2.37. The maximum absolute atomic E-state index is 12.6. The second-order valence-corrected chi connectivity index (χ2v) is 6.43. The number of carbonyl (C=O) groups excluding carboxylic acids is 1. The number of rotatable bonds is 2. The third kappa shape index (κ3) is 2.97. The largest absolute Gasteiger partial charge is 0.507 e. The number of benzene rings is 1. The summed E-state index contributed by atoms with van der Waals surface area (Å²) in [6.07, 6.45) is 1.46. The predicted octanol–water partition coefficient (Wildman–Crippen LogP) is 2.76. The summed E-state index contributed by atoms with van der Waals surface area (Å²) in [6.45, 7) is 4.03. The van der Waals surface area contributed by atoms with Crippen LogP contribution in [0.25, 0.3) is 0 Å². The van der Waals surface area contributed by atoms with Gasteiger partial charge in [0.1, 0.15) is 11.8 Å². The molecule has 1 saturated heterocycles. The number of amides is 1. The number of piperidine rings is 1. The lowest BCUT2D eigenvalue weighted by Gasteiger charge is -2.44. The molecule has 1 aromatic carbocycles. The van der Waals surface area contributed by atoms with Crippen LogP contribution in [0.1, 0.15) is 37.0 Å². The Labute approximate surface area is 128 Å². The van der Waals surface area contributed by atoms with Gasteiger partial charge in [0.25, 0.3) is 5.91 Å². The number of phenolic OH excluding ortho intramolecular Hbond substituents is 1. The molecule has 1 fully saturated rings. The van der Waals surface area contributed by atoms with Gasteiger partial charge in [-0.2, -0.15) is 0 Å². The van der Waals surface area contributed by atoms with Crippen molar-refractivity contribution in [3.05, 3.63) is 28.8 Å². The van der Waals surface area contributed by atoms with Crippen molar-refractivity contribution in [2.75, 3.05) is 6.54 Å². The number of halogens is 1. The fraction of sp³-hybridized carbons (Fsp3) is 0.467. The lowest BCUT2D eigenvalue weighted by Crippen LogP contribution is -2.56. The Bertz CT molecular complexity index is 585.